The molecule has 3 atom stereocenters. The molecule has 146 valence electrons. The molecule has 0 aromatic heterocycles. The lowest BCUT2D eigenvalue weighted by Gasteiger charge is -2.47. The standard InChI is InChI=1S/C20H24BrFN2O3/c1-4-5-8-20(19(25)26)17(11-27-3)24-12(2)15(10-23)18(20)14-7-6-13(22)9-16(14)21/h6-7,9,17-18,24H,4-5,8,11H2,1-3H3,(H,25,26). The Labute approximate surface area is 167 Å². The van der Waals surface area contributed by atoms with E-state index in [9.17, 15) is 19.6 Å². The fourth-order valence-electron chi connectivity index (χ4n) is 3.98. The van der Waals surface area contributed by atoms with Crippen LogP contribution in [0.4, 0.5) is 4.39 Å². The molecule has 3 unspecified atom stereocenters. The number of nitriles is 1. The van der Waals surface area contributed by atoms with Crippen LogP contribution < -0.4 is 5.32 Å². The number of rotatable bonds is 7. The molecule has 7 heteroatoms. The first kappa shape index (κ1) is 21.4. The molecule has 0 radical (unpaired) electrons. The molecular formula is C20H24BrFN2O3. The Bertz CT molecular complexity index is 790. The van der Waals surface area contributed by atoms with Gasteiger partial charge in [0.2, 0.25) is 0 Å². The molecular weight excluding hydrogens is 415 g/mol. The molecule has 27 heavy (non-hydrogen) atoms. The van der Waals surface area contributed by atoms with Crippen LogP contribution in [0.3, 0.4) is 0 Å². The van der Waals surface area contributed by atoms with Gasteiger partial charge < -0.3 is 15.2 Å². The predicted octanol–water partition coefficient (Wildman–Crippen LogP) is 4.35. The van der Waals surface area contributed by atoms with Crippen LogP contribution in [0.15, 0.2) is 33.9 Å². The Kier molecular flexibility index (Phi) is 7.01. The number of unbranched alkanes of at least 4 members (excludes halogenated alkanes) is 1. The van der Waals surface area contributed by atoms with E-state index < -0.39 is 29.2 Å². The monoisotopic (exact) mass is 438 g/mol. The first-order valence-electron chi connectivity index (χ1n) is 8.88. The minimum Gasteiger partial charge on any atom is -0.481 e. The molecule has 1 heterocycles. The second-order valence-corrected chi connectivity index (χ2v) is 7.71. The summed E-state index contributed by atoms with van der Waals surface area (Å²) in [4.78, 5) is 12.7. The zero-order valence-corrected chi connectivity index (χ0v) is 17.3. The van der Waals surface area contributed by atoms with E-state index in [2.05, 4.69) is 27.3 Å². The van der Waals surface area contributed by atoms with Crippen molar-refractivity contribution in [2.45, 2.75) is 45.1 Å². The van der Waals surface area contributed by atoms with E-state index in [1.165, 1.54) is 19.2 Å². The second-order valence-electron chi connectivity index (χ2n) is 6.85. The van der Waals surface area contributed by atoms with E-state index in [4.69, 9.17) is 4.74 Å². The SMILES string of the molecule is CCCCC1(C(=O)O)C(COC)NC(C)=C(C#N)C1c1ccc(F)cc1Br. The summed E-state index contributed by atoms with van der Waals surface area (Å²) in [5.74, 6) is -2.14. The number of halogens is 2. The Balaban J connectivity index is 2.81. The average Bonchev–Trinajstić information content (AvgIpc) is 2.61. The Morgan fingerprint density at radius 3 is 2.74 bits per heavy atom. The van der Waals surface area contributed by atoms with Crippen LogP contribution in [-0.2, 0) is 9.53 Å². The fourth-order valence-corrected chi connectivity index (χ4v) is 4.56. The van der Waals surface area contributed by atoms with Crippen LogP contribution in [0.1, 0.15) is 44.6 Å². The number of aliphatic carboxylic acids is 1. The van der Waals surface area contributed by atoms with Crippen LogP contribution in [-0.4, -0.2) is 30.8 Å². The van der Waals surface area contributed by atoms with Gasteiger partial charge in [0.25, 0.3) is 0 Å². The van der Waals surface area contributed by atoms with Crippen molar-refractivity contribution in [2.75, 3.05) is 13.7 Å². The van der Waals surface area contributed by atoms with Crippen LogP contribution in [0.2, 0.25) is 0 Å². The second kappa shape index (κ2) is 8.85. The number of carboxylic acid groups (broad SMARTS) is 1. The van der Waals surface area contributed by atoms with E-state index in [1.54, 1.807) is 13.0 Å². The lowest BCUT2D eigenvalue weighted by Crippen LogP contribution is -2.58. The van der Waals surface area contributed by atoms with Gasteiger partial charge in [-0.2, -0.15) is 5.26 Å². The quantitative estimate of drug-likeness (QED) is 0.660. The highest BCUT2D eigenvalue weighted by molar-refractivity contribution is 9.10. The number of nitrogens with one attached hydrogen (secondary N) is 1. The maximum absolute atomic E-state index is 13.7. The van der Waals surface area contributed by atoms with E-state index >= 15 is 0 Å². The minimum absolute atomic E-state index is 0.182. The van der Waals surface area contributed by atoms with Crippen molar-refractivity contribution in [3.8, 4) is 6.07 Å². The number of nitrogens with zero attached hydrogens (tertiary/aromatic N) is 1. The summed E-state index contributed by atoms with van der Waals surface area (Å²) >= 11 is 3.37. The average molecular weight is 439 g/mol. The van der Waals surface area contributed by atoms with E-state index in [1.807, 2.05) is 6.92 Å². The maximum Gasteiger partial charge on any atom is 0.312 e. The lowest BCUT2D eigenvalue weighted by atomic mass is 9.60. The van der Waals surface area contributed by atoms with Gasteiger partial charge in [-0.05, 0) is 31.0 Å². The number of hydrogen-bond donors (Lipinski definition) is 2. The largest absolute Gasteiger partial charge is 0.481 e. The van der Waals surface area contributed by atoms with Crippen molar-refractivity contribution < 1.29 is 19.0 Å². The summed E-state index contributed by atoms with van der Waals surface area (Å²) in [6.45, 7) is 3.94. The first-order chi connectivity index (χ1) is 12.8. The van der Waals surface area contributed by atoms with Crippen LogP contribution in [0.25, 0.3) is 0 Å². The number of carbonyl (C=O) groups is 1. The fraction of sp³-hybridized carbons (Fsp3) is 0.500. The molecule has 0 fully saturated rings. The maximum atomic E-state index is 13.7. The van der Waals surface area contributed by atoms with E-state index in [0.29, 0.717) is 34.1 Å². The summed E-state index contributed by atoms with van der Waals surface area (Å²) in [7, 11) is 1.52. The van der Waals surface area contributed by atoms with Crippen molar-refractivity contribution in [1.82, 2.24) is 5.32 Å². The summed E-state index contributed by atoms with van der Waals surface area (Å²) < 4.78 is 19.4. The molecule has 1 aliphatic heterocycles. The van der Waals surface area contributed by atoms with Crippen LogP contribution >= 0.6 is 15.9 Å². The summed E-state index contributed by atoms with van der Waals surface area (Å²) in [5.41, 5.74) is 0.271. The molecule has 0 saturated heterocycles. The number of allylic oxidation sites excluding steroid dienone is 2. The van der Waals surface area contributed by atoms with Crippen molar-refractivity contribution in [2.24, 2.45) is 5.41 Å². The minimum atomic E-state index is -1.29. The van der Waals surface area contributed by atoms with E-state index in [0.717, 1.165) is 6.42 Å². The van der Waals surface area contributed by atoms with Gasteiger partial charge in [-0.3, -0.25) is 4.79 Å². The van der Waals surface area contributed by atoms with Gasteiger partial charge in [0.05, 0.1) is 24.3 Å². The van der Waals surface area contributed by atoms with Crippen molar-refractivity contribution >= 4 is 21.9 Å². The number of methoxy groups -OCH3 is 1. The third-order valence-electron chi connectivity index (χ3n) is 5.29. The van der Waals surface area contributed by atoms with Gasteiger partial charge >= 0.3 is 5.97 Å². The highest BCUT2D eigenvalue weighted by Gasteiger charge is 2.56. The van der Waals surface area contributed by atoms with Crippen molar-refractivity contribution in [3.63, 3.8) is 0 Å². The van der Waals surface area contributed by atoms with Gasteiger partial charge in [-0.1, -0.05) is 41.8 Å². The molecule has 1 aliphatic rings. The number of carboxylic acids is 1. The smallest absolute Gasteiger partial charge is 0.312 e. The normalized spacial score (nSPS) is 25.0. The zero-order valence-electron chi connectivity index (χ0n) is 15.7. The molecule has 1 aromatic rings. The van der Waals surface area contributed by atoms with Gasteiger partial charge in [0, 0.05) is 23.2 Å². The highest BCUT2D eigenvalue weighted by atomic mass is 79.9. The molecule has 1 aromatic carbocycles. The number of benzene rings is 1. The van der Waals surface area contributed by atoms with Gasteiger partial charge in [0.1, 0.15) is 11.2 Å². The summed E-state index contributed by atoms with van der Waals surface area (Å²) in [6, 6.07) is 5.83. The van der Waals surface area contributed by atoms with Gasteiger partial charge in [0.15, 0.2) is 0 Å². The highest BCUT2D eigenvalue weighted by Crippen LogP contribution is 2.52. The molecule has 0 saturated carbocycles. The van der Waals surface area contributed by atoms with Gasteiger partial charge in [-0.15, -0.1) is 0 Å². The molecule has 2 rings (SSSR count). The first-order valence-corrected chi connectivity index (χ1v) is 9.67. The molecule has 0 amide bonds. The summed E-state index contributed by atoms with van der Waals surface area (Å²) in [5, 5.41) is 23.4. The third-order valence-corrected chi connectivity index (χ3v) is 5.98. The Morgan fingerprint density at radius 1 is 1.52 bits per heavy atom. The summed E-state index contributed by atoms with van der Waals surface area (Å²) in [6.07, 6.45) is 1.87. The predicted molar refractivity (Wildman–Crippen MR) is 104 cm³/mol. The van der Waals surface area contributed by atoms with Crippen molar-refractivity contribution in [3.05, 3.63) is 45.3 Å². The zero-order chi connectivity index (χ0) is 20.2. The number of hydrogen-bond acceptors (Lipinski definition) is 4. The lowest BCUT2D eigenvalue weighted by molar-refractivity contribution is -0.154. The molecule has 0 bridgehead atoms. The van der Waals surface area contributed by atoms with E-state index in [-0.39, 0.29) is 6.61 Å². The van der Waals surface area contributed by atoms with Crippen LogP contribution in [0, 0.1) is 22.6 Å². The topological polar surface area (TPSA) is 82.3 Å². The molecule has 5 nitrogen and oxygen atoms in total. The number of ether oxygens (including phenoxy) is 1. The molecule has 2 N–H and O–H groups in total. The molecule has 0 spiro atoms. The molecule has 0 aliphatic carbocycles. The van der Waals surface area contributed by atoms with Gasteiger partial charge in [-0.25, -0.2) is 4.39 Å². The third kappa shape index (κ3) is 3.87. The van der Waals surface area contributed by atoms with Crippen molar-refractivity contribution in [1.29, 1.82) is 5.26 Å². The van der Waals surface area contributed by atoms with Crippen LogP contribution in [0.5, 0.6) is 0 Å². The Hall–Kier alpha value is -1.91. The Morgan fingerprint density at radius 2 is 2.22 bits per heavy atom.